The average Bonchev–Trinajstić information content (AvgIpc) is 3.34. The molecular weight excluding hydrogens is 534 g/mol. The van der Waals surface area contributed by atoms with Gasteiger partial charge < -0.3 is 20.2 Å². The first-order chi connectivity index (χ1) is 20.1. The zero-order valence-electron chi connectivity index (χ0n) is 23.6. The van der Waals surface area contributed by atoms with Crippen LogP contribution in [0.2, 0.25) is 0 Å². The molecule has 3 aromatic rings. The number of aliphatic hydroxyl groups is 2. The fourth-order valence-corrected chi connectivity index (χ4v) is 5.64. The van der Waals surface area contributed by atoms with E-state index < -0.39 is 40.4 Å². The number of fused-ring (bicyclic) bond motifs is 1. The van der Waals surface area contributed by atoms with Gasteiger partial charge in [-0.2, -0.15) is 10.2 Å². The minimum atomic E-state index is -1.05. The van der Waals surface area contributed by atoms with Gasteiger partial charge in [0.05, 0.1) is 17.8 Å². The summed E-state index contributed by atoms with van der Waals surface area (Å²) in [5, 5.41) is 41.2. The van der Waals surface area contributed by atoms with Crippen LogP contribution >= 0.6 is 0 Å². The average molecular weight is 568 g/mol. The predicted molar refractivity (Wildman–Crippen MR) is 154 cm³/mol. The van der Waals surface area contributed by atoms with Gasteiger partial charge in [0.25, 0.3) is 5.91 Å². The van der Waals surface area contributed by atoms with Gasteiger partial charge in [0, 0.05) is 18.8 Å². The molecule has 2 saturated carbocycles. The van der Waals surface area contributed by atoms with Crippen LogP contribution in [0.5, 0.6) is 5.75 Å². The molecule has 0 spiro atoms. The molecule has 1 aliphatic heterocycles. The van der Waals surface area contributed by atoms with Gasteiger partial charge in [0.1, 0.15) is 17.2 Å². The molecule has 2 aliphatic carbocycles. The molecule has 0 saturated heterocycles. The molecule has 42 heavy (non-hydrogen) atoms. The molecule has 6 rings (SSSR count). The molecule has 0 radical (unpaired) electrons. The number of aromatic nitrogens is 4. The van der Waals surface area contributed by atoms with Crippen molar-refractivity contribution in [3.63, 3.8) is 0 Å². The van der Waals surface area contributed by atoms with E-state index in [1.807, 2.05) is 44.2 Å². The second kappa shape index (κ2) is 10.5. The van der Waals surface area contributed by atoms with Crippen molar-refractivity contribution in [1.29, 1.82) is 0 Å². The maximum Gasteiger partial charge on any atom is 0.276 e. The number of carbonyl (C=O) groups is 1. The molecule has 3 N–H and O–H groups in total. The maximum absolute atomic E-state index is 13.4. The highest BCUT2D eigenvalue weighted by Crippen LogP contribution is 2.37. The van der Waals surface area contributed by atoms with E-state index in [4.69, 9.17) is 5.10 Å². The molecule has 3 heterocycles. The van der Waals surface area contributed by atoms with Crippen LogP contribution in [0.25, 0.3) is 0 Å². The fourth-order valence-electron chi connectivity index (χ4n) is 5.64. The first-order valence-corrected chi connectivity index (χ1v) is 14.3. The molecular formula is C32H33N5O5. The Balaban J connectivity index is 1.53. The number of hydrogen-bond acceptors (Lipinski definition) is 7. The minimum Gasteiger partial charge on any atom is -0.502 e. The molecule has 2 unspecified atom stereocenters. The van der Waals surface area contributed by atoms with Gasteiger partial charge >= 0.3 is 0 Å². The molecule has 2 fully saturated rings. The third-order valence-electron chi connectivity index (χ3n) is 8.50. The largest absolute Gasteiger partial charge is 0.502 e. The number of rotatable bonds is 4. The maximum atomic E-state index is 13.4. The van der Waals surface area contributed by atoms with E-state index in [0.717, 1.165) is 24.6 Å². The Morgan fingerprint density at radius 1 is 0.976 bits per heavy atom. The van der Waals surface area contributed by atoms with Gasteiger partial charge in [-0.05, 0) is 63.9 Å². The van der Waals surface area contributed by atoms with Crippen molar-refractivity contribution >= 4 is 5.91 Å². The number of carbonyl (C=O) groups excluding carboxylic acids is 1. The van der Waals surface area contributed by atoms with Crippen molar-refractivity contribution in [2.75, 3.05) is 6.54 Å². The molecule has 1 aromatic carbocycles. The van der Waals surface area contributed by atoms with Crippen LogP contribution in [0.4, 0.5) is 0 Å². The first-order valence-electron chi connectivity index (χ1n) is 14.3. The molecule has 0 bridgehead atoms. The van der Waals surface area contributed by atoms with E-state index in [0.29, 0.717) is 36.9 Å². The minimum absolute atomic E-state index is 0.167. The van der Waals surface area contributed by atoms with Crippen molar-refractivity contribution in [1.82, 2.24) is 24.5 Å². The number of amides is 1. The highest BCUT2D eigenvalue weighted by Gasteiger charge is 2.41. The molecule has 2 atom stereocenters. The Morgan fingerprint density at radius 2 is 1.62 bits per heavy atom. The fraction of sp³-hybridized carbons (Fsp3) is 0.438. The Morgan fingerprint density at radius 3 is 2.21 bits per heavy atom. The normalized spacial score (nSPS) is 20.7. The van der Waals surface area contributed by atoms with Crippen LogP contribution < -0.4 is 5.43 Å². The topological polar surface area (TPSA) is 134 Å². The van der Waals surface area contributed by atoms with Crippen molar-refractivity contribution in [3.8, 4) is 29.4 Å². The monoisotopic (exact) mass is 567 g/mol. The number of hydrogen-bond donors (Lipinski definition) is 3. The zero-order valence-corrected chi connectivity index (χ0v) is 23.6. The summed E-state index contributed by atoms with van der Waals surface area (Å²) in [4.78, 5) is 27.4. The van der Waals surface area contributed by atoms with E-state index >= 15 is 0 Å². The Kier molecular flexibility index (Phi) is 6.92. The summed E-state index contributed by atoms with van der Waals surface area (Å²) in [6.45, 7) is 3.98. The Labute approximate surface area is 243 Å². The predicted octanol–water partition coefficient (Wildman–Crippen LogP) is 2.37. The lowest BCUT2D eigenvalue weighted by Crippen LogP contribution is -2.50. The lowest BCUT2D eigenvalue weighted by Gasteiger charge is -2.40. The van der Waals surface area contributed by atoms with Gasteiger partial charge in [-0.25, -0.2) is 4.68 Å². The summed E-state index contributed by atoms with van der Waals surface area (Å²) in [6.07, 6.45) is 7.00. The van der Waals surface area contributed by atoms with Crippen LogP contribution in [0.15, 0.2) is 47.5 Å². The lowest BCUT2D eigenvalue weighted by molar-refractivity contribution is 0.0235. The number of nitrogens with zero attached hydrogens (tertiary/aromatic N) is 5. The van der Waals surface area contributed by atoms with Gasteiger partial charge in [0.2, 0.25) is 5.43 Å². The van der Waals surface area contributed by atoms with Crippen molar-refractivity contribution in [2.45, 2.75) is 81.7 Å². The van der Waals surface area contributed by atoms with E-state index in [-0.39, 0.29) is 18.3 Å². The van der Waals surface area contributed by atoms with Gasteiger partial charge in [-0.3, -0.25) is 14.3 Å². The van der Waals surface area contributed by atoms with Crippen LogP contribution in [0.1, 0.15) is 91.8 Å². The van der Waals surface area contributed by atoms with E-state index in [1.54, 1.807) is 15.8 Å². The Hall–Kier alpha value is -4.38. The third kappa shape index (κ3) is 4.98. The standard InChI is InChI=1S/C32H33N5O5/c1-21(2)35-20-25(37-28(30(35)40)29(39)26(38)18-33-37)27(22-8-4-3-5-9-22)36-19-23(10-16-31(41)12-6-13-31)24(34-36)11-17-32(42)14-7-15-32/h3-5,8-9,18-19,21,25,27,39,41-42H,6-7,12-15,20H2,1-2H3. The van der Waals surface area contributed by atoms with Crippen molar-refractivity contribution in [3.05, 3.63) is 75.5 Å². The smallest absolute Gasteiger partial charge is 0.276 e. The van der Waals surface area contributed by atoms with Gasteiger partial charge in [-0.1, -0.05) is 48.1 Å². The molecule has 2 aromatic heterocycles. The summed E-state index contributed by atoms with van der Waals surface area (Å²) < 4.78 is 3.14. The summed E-state index contributed by atoms with van der Waals surface area (Å²) in [5.41, 5.74) is -1.25. The molecule has 10 heteroatoms. The van der Waals surface area contributed by atoms with Crippen molar-refractivity contribution in [2.24, 2.45) is 0 Å². The second-order valence-electron chi connectivity index (χ2n) is 11.8. The van der Waals surface area contributed by atoms with E-state index in [1.165, 1.54) is 4.68 Å². The van der Waals surface area contributed by atoms with Crippen LogP contribution in [-0.2, 0) is 0 Å². The van der Waals surface area contributed by atoms with Crippen LogP contribution in [-0.4, -0.2) is 69.5 Å². The Bertz CT molecular complexity index is 1660. The highest BCUT2D eigenvalue weighted by molar-refractivity contribution is 5.96. The van der Waals surface area contributed by atoms with Gasteiger partial charge in [0.15, 0.2) is 17.1 Å². The molecule has 216 valence electrons. The molecule has 10 nitrogen and oxygen atoms in total. The highest BCUT2D eigenvalue weighted by atomic mass is 16.3. The van der Waals surface area contributed by atoms with E-state index in [2.05, 4.69) is 28.8 Å². The summed E-state index contributed by atoms with van der Waals surface area (Å²) in [7, 11) is 0. The molecule has 1 amide bonds. The summed E-state index contributed by atoms with van der Waals surface area (Å²) in [5.74, 6) is 11.0. The quantitative estimate of drug-likeness (QED) is 0.412. The second-order valence-corrected chi connectivity index (χ2v) is 11.8. The lowest BCUT2D eigenvalue weighted by atomic mass is 9.80. The number of aromatic hydroxyl groups is 1. The van der Waals surface area contributed by atoms with Crippen molar-refractivity contribution < 1.29 is 20.1 Å². The van der Waals surface area contributed by atoms with Crippen LogP contribution in [0.3, 0.4) is 0 Å². The summed E-state index contributed by atoms with van der Waals surface area (Å²) >= 11 is 0. The van der Waals surface area contributed by atoms with Crippen LogP contribution in [0, 0.1) is 23.7 Å². The third-order valence-corrected chi connectivity index (χ3v) is 8.50. The zero-order chi connectivity index (χ0) is 29.6. The first kappa shape index (κ1) is 27.8. The number of benzene rings is 1. The molecule has 3 aliphatic rings. The van der Waals surface area contributed by atoms with Gasteiger partial charge in [-0.15, -0.1) is 0 Å². The van der Waals surface area contributed by atoms with E-state index in [9.17, 15) is 24.9 Å². The summed E-state index contributed by atoms with van der Waals surface area (Å²) in [6, 6.07) is 8.24. The SMILES string of the molecule is CC(C)N1CC(C(c2ccccc2)n2cc(C#CC3(O)CCC3)c(C#CC3(O)CCC3)n2)n2ncc(=O)c(O)c2C1=O.